The first kappa shape index (κ1) is 19.0. The van der Waals surface area contributed by atoms with Gasteiger partial charge in [-0.05, 0) is 33.7 Å². The Labute approximate surface area is 144 Å². The standard InChI is InChI=1S/C17H31N3O4/c1-17(2,3)24-16(23)19-9-7-18(8-10-19)5-4-6-20-12-14(13-21)11-15(20)22/h14,21H,4-13H2,1-3H3. The molecule has 0 radical (unpaired) electrons. The molecule has 2 rings (SSSR count). The van der Waals surface area contributed by atoms with Gasteiger partial charge in [0.25, 0.3) is 0 Å². The number of likely N-dealkylation sites (tertiary alicyclic amines) is 1. The van der Waals surface area contributed by atoms with Crippen LogP contribution in [-0.4, -0.2) is 89.8 Å². The predicted octanol–water partition coefficient (Wildman–Crippen LogP) is 0.770. The van der Waals surface area contributed by atoms with Crippen LogP contribution in [-0.2, 0) is 9.53 Å². The molecule has 0 spiro atoms. The van der Waals surface area contributed by atoms with Crippen molar-refractivity contribution in [2.75, 3.05) is 52.4 Å². The fourth-order valence-electron chi connectivity index (χ4n) is 3.16. The third-order valence-electron chi connectivity index (χ3n) is 4.48. The molecule has 2 aliphatic heterocycles. The summed E-state index contributed by atoms with van der Waals surface area (Å²) in [6.07, 6.45) is 1.17. The molecule has 138 valence electrons. The summed E-state index contributed by atoms with van der Waals surface area (Å²) in [4.78, 5) is 29.8. The van der Waals surface area contributed by atoms with Gasteiger partial charge in [-0.15, -0.1) is 0 Å². The predicted molar refractivity (Wildman–Crippen MR) is 90.6 cm³/mol. The maximum Gasteiger partial charge on any atom is 0.410 e. The van der Waals surface area contributed by atoms with Crippen molar-refractivity contribution in [3.63, 3.8) is 0 Å². The van der Waals surface area contributed by atoms with E-state index in [0.29, 0.717) is 26.1 Å². The molecule has 1 N–H and O–H groups in total. The molecule has 0 aromatic heterocycles. The number of aliphatic hydroxyl groups excluding tert-OH is 1. The first-order chi connectivity index (χ1) is 11.3. The van der Waals surface area contributed by atoms with Crippen molar-refractivity contribution in [2.45, 2.75) is 39.2 Å². The molecule has 1 unspecified atom stereocenters. The molecule has 2 heterocycles. The Bertz CT molecular complexity index is 442. The number of aliphatic hydroxyl groups is 1. The molecule has 7 heteroatoms. The van der Waals surface area contributed by atoms with E-state index in [-0.39, 0.29) is 24.5 Å². The summed E-state index contributed by atoms with van der Waals surface area (Å²) in [5.41, 5.74) is -0.455. The van der Waals surface area contributed by atoms with Crippen LogP contribution in [0.2, 0.25) is 0 Å². The highest BCUT2D eigenvalue weighted by Gasteiger charge is 2.29. The number of piperazine rings is 1. The highest BCUT2D eigenvalue weighted by atomic mass is 16.6. The molecule has 1 atom stereocenters. The Morgan fingerprint density at radius 2 is 1.88 bits per heavy atom. The van der Waals surface area contributed by atoms with Crippen molar-refractivity contribution in [2.24, 2.45) is 5.92 Å². The molecule has 2 amide bonds. The molecular weight excluding hydrogens is 310 g/mol. The minimum absolute atomic E-state index is 0.0921. The van der Waals surface area contributed by atoms with Gasteiger partial charge in [-0.1, -0.05) is 0 Å². The summed E-state index contributed by atoms with van der Waals surface area (Å²) in [6, 6.07) is 0. The van der Waals surface area contributed by atoms with Crippen LogP contribution < -0.4 is 0 Å². The SMILES string of the molecule is CC(C)(C)OC(=O)N1CCN(CCCN2CC(CO)CC2=O)CC1. The molecular formula is C17H31N3O4. The summed E-state index contributed by atoms with van der Waals surface area (Å²) >= 11 is 0. The third kappa shape index (κ3) is 5.63. The molecule has 2 saturated heterocycles. The second-order valence-corrected chi connectivity index (χ2v) is 7.76. The molecule has 24 heavy (non-hydrogen) atoms. The first-order valence-electron chi connectivity index (χ1n) is 8.87. The van der Waals surface area contributed by atoms with E-state index in [1.807, 2.05) is 25.7 Å². The maximum absolute atomic E-state index is 12.0. The lowest BCUT2D eigenvalue weighted by atomic mass is 10.1. The van der Waals surface area contributed by atoms with Gasteiger partial charge in [-0.3, -0.25) is 9.69 Å². The quantitative estimate of drug-likeness (QED) is 0.800. The summed E-state index contributed by atoms with van der Waals surface area (Å²) in [6.45, 7) is 11.1. The van der Waals surface area contributed by atoms with E-state index in [4.69, 9.17) is 9.84 Å². The Balaban J connectivity index is 1.63. The van der Waals surface area contributed by atoms with Gasteiger partial charge in [-0.25, -0.2) is 4.79 Å². The van der Waals surface area contributed by atoms with Gasteiger partial charge < -0.3 is 19.6 Å². The molecule has 2 aliphatic rings. The second-order valence-electron chi connectivity index (χ2n) is 7.76. The average molecular weight is 341 g/mol. The molecule has 0 aromatic carbocycles. The number of nitrogens with zero attached hydrogens (tertiary/aromatic N) is 3. The van der Waals surface area contributed by atoms with E-state index >= 15 is 0 Å². The van der Waals surface area contributed by atoms with Gasteiger partial charge in [0.2, 0.25) is 5.91 Å². The lowest BCUT2D eigenvalue weighted by molar-refractivity contribution is -0.127. The molecule has 0 saturated carbocycles. The summed E-state index contributed by atoms with van der Waals surface area (Å²) in [5.74, 6) is 0.263. The number of carbonyl (C=O) groups is 2. The Morgan fingerprint density at radius 3 is 2.42 bits per heavy atom. The van der Waals surface area contributed by atoms with Gasteiger partial charge >= 0.3 is 6.09 Å². The van der Waals surface area contributed by atoms with Crippen molar-refractivity contribution in [1.82, 2.24) is 14.7 Å². The van der Waals surface area contributed by atoms with Crippen molar-refractivity contribution in [3.05, 3.63) is 0 Å². The molecule has 2 fully saturated rings. The van der Waals surface area contributed by atoms with E-state index in [9.17, 15) is 9.59 Å². The fraction of sp³-hybridized carbons (Fsp3) is 0.882. The van der Waals surface area contributed by atoms with E-state index in [0.717, 1.165) is 32.6 Å². The zero-order chi connectivity index (χ0) is 17.7. The van der Waals surface area contributed by atoms with Crippen molar-refractivity contribution < 1.29 is 19.4 Å². The van der Waals surface area contributed by atoms with Crippen LogP contribution >= 0.6 is 0 Å². The van der Waals surface area contributed by atoms with Crippen molar-refractivity contribution in [3.8, 4) is 0 Å². The Morgan fingerprint density at radius 1 is 1.21 bits per heavy atom. The monoisotopic (exact) mass is 341 g/mol. The summed E-state index contributed by atoms with van der Waals surface area (Å²) in [5, 5.41) is 9.14. The Hall–Kier alpha value is -1.34. The van der Waals surface area contributed by atoms with Crippen molar-refractivity contribution >= 4 is 12.0 Å². The first-order valence-corrected chi connectivity index (χ1v) is 8.87. The van der Waals surface area contributed by atoms with E-state index in [2.05, 4.69) is 4.90 Å². The van der Waals surface area contributed by atoms with Gasteiger partial charge in [-0.2, -0.15) is 0 Å². The van der Waals surface area contributed by atoms with Crippen LogP contribution in [0.25, 0.3) is 0 Å². The molecule has 0 aromatic rings. The van der Waals surface area contributed by atoms with Crippen LogP contribution in [0.15, 0.2) is 0 Å². The van der Waals surface area contributed by atoms with Crippen LogP contribution in [0.1, 0.15) is 33.6 Å². The normalized spacial score (nSPS) is 23.0. The zero-order valence-electron chi connectivity index (χ0n) is 15.2. The Kier molecular flexibility index (Phi) is 6.46. The van der Waals surface area contributed by atoms with E-state index in [1.54, 1.807) is 4.90 Å². The van der Waals surface area contributed by atoms with Gasteiger partial charge in [0, 0.05) is 58.2 Å². The second kappa shape index (κ2) is 8.16. The molecule has 0 bridgehead atoms. The zero-order valence-corrected chi connectivity index (χ0v) is 15.2. The smallest absolute Gasteiger partial charge is 0.410 e. The third-order valence-corrected chi connectivity index (χ3v) is 4.48. The number of carbonyl (C=O) groups excluding carboxylic acids is 2. The van der Waals surface area contributed by atoms with Crippen LogP contribution in [0.4, 0.5) is 4.79 Å². The number of hydrogen-bond acceptors (Lipinski definition) is 5. The summed E-state index contributed by atoms with van der Waals surface area (Å²) < 4.78 is 5.40. The van der Waals surface area contributed by atoms with E-state index < -0.39 is 5.60 Å². The minimum atomic E-state index is -0.455. The number of amides is 2. The van der Waals surface area contributed by atoms with Crippen LogP contribution in [0.5, 0.6) is 0 Å². The minimum Gasteiger partial charge on any atom is -0.444 e. The number of hydrogen-bond donors (Lipinski definition) is 1. The lowest BCUT2D eigenvalue weighted by Gasteiger charge is -2.35. The maximum atomic E-state index is 12.0. The van der Waals surface area contributed by atoms with Crippen LogP contribution in [0, 0.1) is 5.92 Å². The highest BCUT2D eigenvalue weighted by molar-refractivity contribution is 5.78. The molecule has 7 nitrogen and oxygen atoms in total. The lowest BCUT2D eigenvalue weighted by Crippen LogP contribution is -2.50. The van der Waals surface area contributed by atoms with Gasteiger partial charge in [0.15, 0.2) is 0 Å². The average Bonchev–Trinajstić information content (AvgIpc) is 2.87. The van der Waals surface area contributed by atoms with E-state index in [1.165, 1.54) is 0 Å². The molecule has 0 aliphatic carbocycles. The number of ether oxygens (including phenoxy) is 1. The highest BCUT2D eigenvalue weighted by Crippen LogP contribution is 2.17. The van der Waals surface area contributed by atoms with Crippen LogP contribution in [0.3, 0.4) is 0 Å². The van der Waals surface area contributed by atoms with Crippen molar-refractivity contribution in [1.29, 1.82) is 0 Å². The largest absolute Gasteiger partial charge is 0.444 e. The van der Waals surface area contributed by atoms with Gasteiger partial charge in [0.1, 0.15) is 5.60 Å². The number of rotatable bonds is 5. The summed E-state index contributed by atoms with van der Waals surface area (Å²) in [7, 11) is 0. The van der Waals surface area contributed by atoms with Gasteiger partial charge in [0.05, 0.1) is 0 Å². The fourth-order valence-corrected chi connectivity index (χ4v) is 3.16. The topological polar surface area (TPSA) is 73.3 Å².